The number of hydrogen-bond acceptors (Lipinski definition) is 2. The molecule has 0 aliphatic rings. The highest BCUT2D eigenvalue weighted by Crippen LogP contribution is 2.23. The molecule has 0 fully saturated rings. The van der Waals surface area contributed by atoms with Gasteiger partial charge in [0.2, 0.25) is 0 Å². The van der Waals surface area contributed by atoms with Gasteiger partial charge in [-0.2, -0.15) is 0 Å². The van der Waals surface area contributed by atoms with E-state index >= 15 is 0 Å². The maximum Gasteiger partial charge on any atom is 0.352 e. The smallest absolute Gasteiger partial charge is 0.352 e. The van der Waals surface area contributed by atoms with E-state index in [0.717, 1.165) is 10.0 Å². The standard InChI is InChI=1S/C11H8BrNO3/c1-5-2-7-6(8(12)3-5)4-9(11(15)16)13-10(7)14/h2-4H,1H3,(H,13,14)(H,15,16). The predicted molar refractivity (Wildman–Crippen MR) is 64.0 cm³/mol. The van der Waals surface area contributed by atoms with Gasteiger partial charge in [-0.15, -0.1) is 0 Å². The maximum atomic E-state index is 11.7. The molecular weight excluding hydrogens is 274 g/mol. The molecule has 2 rings (SSSR count). The van der Waals surface area contributed by atoms with Crippen molar-refractivity contribution in [2.24, 2.45) is 0 Å². The Hall–Kier alpha value is -1.62. The number of carboxylic acids is 1. The monoisotopic (exact) mass is 281 g/mol. The van der Waals surface area contributed by atoms with E-state index in [-0.39, 0.29) is 11.3 Å². The van der Waals surface area contributed by atoms with E-state index < -0.39 is 5.97 Å². The SMILES string of the molecule is Cc1cc(Br)c2cc(C(=O)O)[nH]c(=O)c2c1. The topological polar surface area (TPSA) is 70.2 Å². The van der Waals surface area contributed by atoms with Crippen LogP contribution in [0.5, 0.6) is 0 Å². The number of fused-ring (bicyclic) bond motifs is 1. The first kappa shape index (κ1) is 10.9. The fraction of sp³-hybridized carbons (Fsp3) is 0.0909. The Morgan fingerprint density at radius 1 is 1.31 bits per heavy atom. The largest absolute Gasteiger partial charge is 0.477 e. The fourth-order valence-corrected chi connectivity index (χ4v) is 2.26. The van der Waals surface area contributed by atoms with Gasteiger partial charge in [0.05, 0.1) is 0 Å². The van der Waals surface area contributed by atoms with Crippen molar-refractivity contribution in [2.45, 2.75) is 6.92 Å². The Kier molecular flexibility index (Phi) is 2.55. The van der Waals surface area contributed by atoms with E-state index in [1.54, 1.807) is 6.07 Å². The average Bonchev–Trinajstić information content (AvgIpc) is 2.19. The van der Waals surface area contributed by atoms with Crippen LogP contribution < -0.4 is 5.56 Å². The molecule has 4 nitrogen and oxygen atoms in total. The molecule has 2 aromatic rings. The van der Waals surface area contributed by atoms with Gasteiger partial charge in [0.1, 0.15) is 5.69 Å². The van der Waals surface area contributed by atoms with Crippen molar-refractivity contribution < 1.29 is 9.90 Å². The number of nitrogens with one attached hydrogen (secondary N) is 1. The van der Waals surface area contributed by atoms with Gasteiger partial charge >= 0.3 is 5.97 Å². The first-order valence-corrected chi connectivity index (χ1v) is 5.35. The van der Waals surface area contributed by atoms with Crippen molar-refractivity contribution in [3.63, 3.8) is 0 Å². The third-order valence-corrected chi connectivity index (χ3v) is 2.94. The third-order valence-electron chi connectivity index (χ3n) is 2.29. The van der Waals surface area contributed by atoms with Crippen LogP contribution in [0.4, 0.5) is 0 Å². The van der Waals surface area contributed by atoms with Crippen LogP contribution in [0.25, 0.3) is 10.8 Å². The van der Waals surface area contributed by atoms with Crippen molar-refractivity contribution in [3.05, 3.63) is 44.3 Å². The molecule has 0 radical (unpaired) electrons. The zero-order valence-corrected chi connectivity index (χ0v) is 9.96. The average molecular weight is 282 g/mol. The number of pyridine rings is 1. The highest BCUT2D eigenvalue weighted by Gasteiger charge is 2.10. The lowest BCUT2D eigenvalue weighted by molar-refractivity contribution is 0.0690. The van der Waals surface area contributed by atoms with E-state index in [9.17, 15) is 9.59 Å². The minimum absolute atomic E-state index is 0.109. The van der Waals surface area contributed by atoms with Gasteiger partial charge in [0.15, 0.2) is 0 Å². The van der Waals surface area contributed by atoms with Crippen molar-refractivity contribution in [3.8, 4) is 0 Å². The molecule has 0 unspecified atom stereocenters. The number of aromatic nitrogens is 1. The number of halogens is 1. The molecule has 0 atom stereocenters. The molecule has 1 heterocycles. The number of aryl methyl sites for hydroxylation is 1. The number of H-pyrrole nitrogens is 1. The number of aromatic carboxylic acids is 1. The van der Waals surface area contributed by atoms with E-state index in [4.69, 9.17) is 5.11 Å². The first-order valence-electron chi connectivity index (χ1n) is 4.55. The van der Waals surface area contributed by atoms with Crippen LogP contribution in [0.2, 0.25) is 0 Å². The molecule has 1 aromatic heterocycles. The molecule has 1 aromatic carbocycles. The number of hydrogen-bond donors (Lipinski definition) is 2. The van der Waals surface area contributed by atoms with Crippen LogP contribution in [-0.4, -0.2) is 16.1 Å². The summed E-state index contributed by atoms with van der Waals surface area (Å²) >= 11 is 3.32. The van der Waals surface area contributed by atoms with Gasteiger partial charge in [-0.05, 0) is 30.7 Å². The van der Waals surface area contributed by atoms with Gasteiger partial charge in [-0.1, -0.05) is 15.9 Å². The molecule has 82 valence electrons. The molecule has 2 N–H and O–H groups in total. The summed E-state index contributed by atoms with van der Waals surface area (Å²) in [6.45, 7) is 1.87. The van der Waals surface area contributed by atoms with Crippen molar-refractivity contribution in [1.82, 2.24) is 4.98 Å². The molecule has 16 heavy (non-hydrogen) atoms. The highest BCUT2D eigenvalue weighted by molar-refractivity contribution is 9.10. The van der Waals surface area contributed by atoms with Crippen LogP contribution >= 0.6 is 15.9 Å². The van der Waals surface area contributed by atoms with Crippen LogP contribution in [0, 0.1) is 6.92 Å². The van der Waals surface area contributed by atoms with E-state index in [2.05, 4.69) is 20.9 Å². The Bertz CT molecular complexity index is 645. The summed E-state index contributed by atoms with van der Waals surface area (Å²) in [6.07, 6.45) is 0. The second kappa shape index (κ2) is 3.75. The number of aromatic amines is 1. The zero-order valence-electron chi connectivity index (χ0n) is 8.37. The summed E-state index contributed by atoms with van der Waals surface area (Å²) in [6, 6.07) is 5.01. The second-order valence-corrected chi connectivity index (χ2v) is 4.38. The third kappa shape index (κ3) is 1.74. The summed E-state index contributed by atoms with van der Waals surface area (Å²) in [4.78, 5) is 24.8. The molecule has 0 amide bonds. The quantitative estimate of drug-likeness (QED) is 0.843. The predicted octanol–water partition coefficient (Wildman–Crippen LogP) is 2.30. The molecular formula is C11H8BrNO3. The summed E-state index contributed by atoms with van der Waals surface area (Å²) in [5.41, 5.74) is 0.439. The highest BCUT2D eigenvalue weighted by atomic mass is 79.9. The summed E-state index contributed by atoms with van der Waals surface area (Å²) < 4.78 is 0.719. The number of benzene rings is 1. The molecule has 0 aliphatic carbocycles. The van der Waals surface area contributed by atoms with E-state index in [1.165, 1.54) is 6.07 Å². The van der Waals surface area contributed by atoms with Gasteiger partial charge in [-0.3, -0.25) is 4.79 Å². The van der Waals surface area contributed by atoms with Crippen LogP contribution in [-0.2, 0) is 0 Å². The normalized spacial score (nSPS) is 10.6. The van der Waals surface area contributed by atoms with Gasteiger partial charge in [0, 0.05) is 15.2 Å². The van der Waals surface area contributed by atoms with Crippen molar-refractivity contribution in [1.29, 1.82) is 0 Å². The molecule has 5 heteroatoms. The fourth-order valence-electron chi connectivity index (χ4n) is 1.57. The number of carboxylic acid groups (broad SMARTS) is 1. The Labute approximate surface area is 99.0 Å². The Morgan fingerprint density at radius 2 is 2.00 bits per heavy atom. The summed E-state index contributed by atoms with van der Waals surface area (Å²) in [5, 5.41) is 9.92. The summed E-state index contributed by atoms with van der Waals surface area (Å²) in [5.74, 6) is -1.15. The maximum absolute atomic E-state index is 11.7. The van der Waals surface area contributed by atoms with Crippen molar-refractivity contribution >= 4 is 32.7 Å². The molecule has 0 aliphatic heterocycles. The van der Waals surface area contributed by atoms with Crippen LogP contribution in [0.3, 0.4) is 0 Å². The lowest BCUT2D eigenvalue weighted by Crippen LogP contribution is -2.13. The molecule has 0 bridgehead atoms. The number of rotatable bonds is 1. The molecule has 0 saturated carbocycles. The molecule has 0 saturated heterocycles. The van der Waals surface area contributed by atoms with E-state index in [1.807, 2.05) is 13.0 Å². The number of carbonyl (C=O) groups is 1. The van der Waals surface area contributed by atoms with Crippen molar-refractivity contribution in [2.75, 3.05) is 0 Å². The lowest BCUT2D eigenvalue weighted by Gasteiger charge is -2.03. The minimum atomic E-state index is -1.15. The Balaban J connectivity index is 2.93. The summed E-state index contributed by atoms with van der Waals surface area (Å²) in [7, 11) is 0. The minimum Gasteiger partial charge on any atom is -0.477 e. The van der Waals surface area contributed by atoms with Gasteiger partial charge in [-0.25, -0.2) is 4.79 Å². The first-order chi connectivity index (χ1) is 7.49. The lowest BCUT2D eigenvalue weighted by atomic mass is 10.1. The van der Waals surface area contributed by atoms with E-state index in [0.29, 0.717) is 10.8 Å². The van der Waals surface area contributed by atoms with Gasteiger partial charge < -0.3 is 10.1 Å². The van der Waals surface area contributed by atoms with Crippen LogP contribution in [0.1, 0.15) is 16.1 Å². The Morgan fingerprint density at radius 3 is 2.62 bits per heavy atom. The van der Waals surface area contributed by atoms with Crippen LogP contribution in [0.15, 0.2) is 27.5 Å². The van der Waals surface area contributed by atoms with Gasteiger partial charge in [0.25, 0.3) is 5.56 Å². The zero-order chi connectivity index (χ0) is 11.9. The second-order valence-electron chi connectivity index (χ2n) is 3.53. The molecule has 0 spiro atoms.